The van der Waals surface area contributed by atoms with Crippen molar-refractivity contribution in [1.82, 2.24) is 14.7 Å². The predicted molar refractivity (Wildman–Crippen MR) is 299 cm³/mol. The number of unbranched alkanes of at least 4 members (excludes halogenated alkanes) is 34. The Morgan fingerprint density at radius 3 is 0.886 bits per heavy atom. The fourth-order valence-electron chi connectivity index (χ4n) is 10.7. The van der Waals surface area contributed by atoms with Gasteiger partial charge < -0.3 is 19.8 Å². The first-order valence-corrected chi connectivity index (χ1v) is 31.5. The van der Waals surface area contributed by atoms with Crippen LogP contribution < -0.4 is 0 Å². The number of nitrogens with zero attached hydrogens (tertiary/aromatic N) is 3. The van der Waals surface area contributed by atoms with E-state index in [-0.39, 0.29) is 17.9 Å². The van der Waals surface area contributed by atoms with Gasteiger partial charge in [-0.1, -0.05) is 246 Å². The highest BCUT2D eigenvalue weighted by Crippen LogP contribution is 2.30. The molecule has 0 aromatic carbocycles. The first-order chi connectivity index (χ1) is 34.3. The van der Waals surface area contributed by atoms with E-state index in [2.05, 4.69) is 32.6 Å². The van der Waals surface area contributed by atoms with E-state index < -0.39 is 12.3 Å². The Labute approximate surface area is 435 Å². The zero-order chi connectivity index (χ0) is 51.0. The molecular weight excluding hydrogens is 873 g/mol. The second kappa shape index (κ2) is 49.9. The third kappa shape index (κ3) is 39.2. The van der Waals surface area contributed by atoms with Gasteiger partial charge in [0.2, 0.25) is 0 Å². The number of amides is 2. The SMILES string of the molecule is CCCCCCCCCCN(CCCCCCCCCC)C(=O)C(F)CCCCCCN(CCCCCCC(F)C(=O)N(CCCCCCCCCC)CCCCCCCCCC)CCC1CC(O)C1. The van der Waals surface area contributed by atoms with Crippen LogP contribution in [0, 0.1) is 5.92 Å². The van der Waals surface area contributed by atoms with E-state index in [0.717, 1.165) is 142 Å². The molecule has 2 amide bonds. The molecule has 2 atom stereocenters. The normalized spacial score (nSPS) is 15.7. The summed E-state index contributed by atoms with van der Waals surface area (Å²) in [5.74, 6) is 0.0841. The van der Waals surface area contributed by atoms with Crippen LogP contribution in [0.3, 0.4) is 0 Å². The van der Waals surface area contributed by atoms with Crippen LogP contribution in [0.1, 0.15) is 317 Å². The number of rotatable bonds is 55. The molecule has 1 aliphatic rings. The van der Waals surface area contributed by atoms with Gasteiger partial charge in [-0.25, -0.2) is 8.78 Å². The molecule has 0 bridgehead atoms. The average Bonchev–Trinajstić information content (AvgIpc) is 3.35. The number of carbonyl (C=O) groups excluding carboxylic acids is 2. The van der Waals surface area contributed by atoms with Crippen molar-refractivity contribution in [2.75, 3.05) is 45.8 Å². The van der Waals surface area contributed by atoms with Crippen LogP contribution in [0.25, 0.3) is 0 Å². The third-order valence-corrected chi connectivity index (χ3v) is 15.7. The van der Waals surface area contributed by atoms with Gasteiger partial charge in [0, 0.05) is 26.2 Å². The van der Waals surface area contributed by atoms with Crippen molar-refractivity contribution in [3.8, 4) is 0 Å². The number of aliphatic hydroxyl groups excluding tert-OH is 1. The molecule has 0 radical (unpaired) electrons. The van der Waals surface area contributed by atoms with Crippen LogP contribution in [0.4, 0.5) is 8.78 Å². The Balaban J connectivity index is 2.51. The Morgan fingerprint density at radius 1 is 0.371 bits per heavy atom. The number of carbonyl (C=O) groups is 2. The van der Waals surface area contributed by atoms with Crippen molar-refractivity contribution in [3.05, 3.63) is 0 Å². The summed E-state index contributed by atoms with van der Waals surface area (Å²) in [5, 5.41) is 9.88. The molecule has 8 heteroatoms. The van der Waals surface area contributed by atoms with E-state index in [1.165, 1.54) is 154 Å². The summed E-state index contributed by atoms with van der Waals surface area (Å²) >= 11 is 0. The Morgan fingerprint density at radius 2 is 0.614 bits per heavy atom. The van der Waals surface area contributed by atoms with Gasteiger partial charge in [-0.15, -0.1) is 0 Å². The first-order valence-electron chi connectivity index (χ1n) is 31.5. The van der Waals surface area contributed by atoms with Gasteiger partial charge in [0.1, 0.15) is 0 Å². The molecule has 0 spiro atoms. The lowest BCUT2D eigenvalue weighted by Crippen LogP contribution is -2.38. The molecule has 416 valence electrons. The second-order valence-corrected chi connectivity index (χ2v) is 22.5. The fourth-order valence-corrected chi connectivity index (χ4v) is 10.7. The summed E-state index contributed by atoms with van der Waals surface area (Å²) in [7, 11) is 0. The van der Waals surface area contributed by atoms with Gasteiger partial charge in [-0.3, -0.25) is 9.59 Å². The predicted octanol–water partition coefficient (Wildman–Crippen LogP) is 18.2. The van der Waals surface area contributed by atoms with E-state index in [1.54, 1.807) is 0 Å². The topological polar surface area (TPSA) is 64.1 Å². The van der Waals surface area contributed by atoms with E-state index in [1.807, 2.05) is 9.80 Å². The molecule has 0 saturated heterocycles. The van der Waals surface area contributed by atoms with Crippen molar-refractivity contribution in [2.45, 2.75) is 335 Å². The molecule has 1 N–H and O–H groups in total. The Bertz CT molecular complexity index is 1010. The maximum absolute atomic E-state index is 15.5. The van der Waals surface area contributed by atoms with E-state index in [4.69, 9.17) is 0 Å². The van der Waals surface area contributed by atoms with Crippen LogP contribution in [-0.4, -0.2) is 95.9 Å². The minimum absolute atomic E-state index is 0.125. The quantitative estimate of drug-likeness (QED) is 0.0617. The maximum Gasteiger partial charge on any atom is 0.257 e. The zero-order valence-electron chi connectivity index (χ0n) is 47.4. The highest BCUT2D eigenvalue weighted by Gasteiger charge is 2.27. The van der Waals surface area contributed by atoms with Crippen LogP contribution in [-0.2, 0) is 9.59 Å². The van der Waals surface area contributed by atoms with E-state index in [9.17, 15) is 14.7 Å². The molecule has 70 heavy (non-hydrogen) atoms. The number of alkyl halides is 2. The molecule has 0 aromatic heterocycles. The summed E-state index contributed by atoms with van der Waals surface area (Å²) in [6.07, 6.45) is 47.6. The van der Waals surface area contributed by atoms with Crippen molar-refractivity contribution in [1.29, 1.82) is 0 Å². The van der Waals surface area contributed by atoms with E-state index in [0.29, 0.717) is 44.9 Å². The summed E-state index contributed by atoms with van der Waals surface area (Å²) in [6.45, 7) is 14.9. The van der Waals surface area contributed by atoms with Crippen LogP contribution >= 0.6 is 0 Å². The van der Waals surface area contributed by atoms with Crippen molar-refractivity contribution in [3.63, 3.8) is 0 Å². The monoisotopic (exact) mass is 994 g/mol. The van der Waals surface area contributed by atoms with Crippen LogP contribution in [0.15, 0.2) is 0 Å². The molecule has 6 nitrogen and oxygen atoms in total. The minimum Gasteiger partial charge on any atom is -0.393 e. The Kier molecular flexibility index (Phi) is 47.6. The summed E-state index contributed by atoms with van der Waals surface area (Å²) in [5.41, 5.74) is 0. The largest absolute Gasteiger partial charge is 0.393 e. The lowest BCUT2D eigenvalue weighted by molar-refractivity contribution is -0.137. The van der Waals surface area contributed by atoms with Crippen molar-refractivity contribution >= 4 is 11.8 Å². The first kappa shape index (κ1) is 66.7. The van der Waals surface area contributed by atoms with Gasteiger partial charge >= 0.3 is 0 Å². The molecule has 1 saturated carbocycles. The average molecular weight is 995 g/mol. The molecule has 2 unspecified atom stereocenters. The maximum atomic E-state index is 15.5. The fraction of sp³-hybridized carbons (Fsp3) is 0.968. The Hall–Kier alpha value is -1.28. The summed E-state index contributed by atoms with van der Waals surface area (Å²) in [4.78, 5) is 33.2. The summed E-state index contributed by atoms with van der Waals surface area (Å²) < 4.78 is 31.1. The number of halogens is 2. The van der Waals surface area contributed by atoms with Crippen LogP contribution in [0.5, 0.6) is 0 Å². The molecule has 1 fully saturated rings. The second-order valence-electron chi connectivity index (χ2n) is 22.5. The standard InChI is InChI=1S/C62H121F2N3O3/c1-5-9-13-17-21-25-31-41-50-66(51-42-32-26-22-18-14-10-6-2)61(69)59(63)45-37-29-35-39-48-65(54-47-57-55-58(68)56-57)49-40-36-30-38-46-60(64)62(70)67(52-43-33-27-23-19-15-11-7-3)53-44-34-28-24-20-16-12-8-4/h57-60,68H,5-56H2,1-4H3. The highest BCUT2D eigenvalue weighted by molar-refractivity contribution is 5.81. The third-order valence-electron chi connectivity index (χ3n) is 15.7. The molecule has 1 aliphatic carbocycles. The molecular formula is C62H121F2N3O3. The van der Waals surface area contributed by atoms with Gasteiger partial charge in [0.15, 0.2) is 12.3 Å². The zero-order valence-corrected chi connectivity index (χ0v) is 47.4. The number of hydrogen-bond acceptors (Lipinski definition) is 4. The molecule has 1 rings (SSSR count). The molecule has 0 aliphatic heterocycles. The van der Waals surface area contributed by atoms with Gasteiger partial charge in [0.05, 0.1) is 6.10 Å². The van der Waals surface area contributed by atoms with Gasteiger partial charge in [-0.05, 0) is 96.2 Å². The number of aliphatic hydroxyl groups is 1. The number of hydrogen-bond donors (Lipinski definition) is 1. The van der Waals surface area contributed by atoms with Crippen LogP contribution in [0.2, 0.25) is 0 Å². The van der Waals surface area contributed by atoms with E-state index >= 15 is 8.78 Å². The van der Waals surface area contributed by atoms with Gasteiger partial charge in [0.25, 0.3) is 11.8 Å². The highest BCUT2D eigenvalue weighted by atomic mass is 19.1. The summed E-state index contributed by atoms with van der Waals surface area (Å²) in [6, 6.07) is 0. The lowest BCUT2D eigenvalue weighted by Gasteiger charge is -2.33. The minimum atomic E-state index is -1.39. The van der Waals surface area contributed by atoms with Crippen molar-refractivity contribution in [2.24, 2.45) is 5.92 Å². The molecule has 0 aromatic rings. The molecule has 0 heterocycles. The lowest BCUT2D eigenvalue weighted by atomic mass is 9.80. The van der Waals surface area contributed by atoms with Crippen molar-refractivity contribution < 1.29 is 23.5 Å². The smallest absolute Gasteiger partial charge is 0.257 e. The van der Waals surface area contributed by atoms with Gasteiger partial charge in [-0.2, -0.15) is 0 Å².